The van der Waals surface area contributed by atoms with Crippen molar-refractivity contribution in [3.8, 4) is 0 Å². The van der Waals surface area contributed by atoms with Crippen molar-refractivity contribution >= 4 is 22.6 Å². The molecule has 2 N–H and O–H groups in total. The highest BCUT2D eigenvalue weighted by molar-refractivity contribution is 5.89. The molecular weight excluding hydrogens is 320 g/mol. The molecule has 0 saturated carbocycles. The van der Waals surface area contributed by atoms with Gasteiger partial charge in [-0.15, -0.1) is 0 Å². The fourth-order valence-corrected chi connectivity index (χ4v) is 2.97. The summed E-state index contributed by atoms with van der Waals surface area (Å²) in [6.07, 6.45) is 0.164. The van der Waals surface area contributed by atoms with E-state index in [2.05, 4.69) is 5.32 Å². The van der Waals surface area contributed by atoms with Crippen LogP contribution in [-0.2, 0) is 20.7 Å². The second-order valence-electron chi connectivity index (χ2n) is 6.10. The van der Waals surface area contributed by atoms with Crippen molar-refractivity contribution < 1.29 is 19.4 Å². The Morgan fingerprint density at radius 1 is 1.12 bits per heavy atom. The summed E-state index contributed by atoms with van der Waals surface area (Å²) in [5, 5.41) is 14.3. The number of ether oxygens (including phenoxy) is 1. The van der Waals surface area contributed by atoms with Crippen LogP contribution in [0.25, 0.3) is 10.8 Å². The number of morpholine rings is 1. The molecule has 1 aliphatic rings. The minimum absolute atomic E-state index is 0.164. The summed E-state index contributed by atoms with van der Waals surface area (Å²) in [7, 11) is 0. The molecule has 6 nitrogen and oxygen atoms in total. The van der Waals surface area contributed by atoms with Crippen LogP contribution in [0.3, 0.4) is 0 Å². The Morgan fingerprint density at radius 3 is 2.56 bits per heavy atom. The predicted molar refractivity (Wildman–Crippen MR) is 94.1 cm³/mol. The molecule has 25 heavy (non-hydrogen) atoms. The number of hydrogen-bond donors (Lipinski definition) is 2. The maximum Gasteiger partial charge on any atom is 0.247 e. The number of aliphatic hydroxyl groups excluding tert-OH is 1. The molecular formula is C19H22N2O4. The van der Waals surface area contributed by atoms with Gasteiger partial charge in [0.1, 0.15) is 6.04 Å². The van der Waals surface area contributed by atoms with Crippen LogP contribution in [0.5, 0.6) is 0 Å². The Labute approximate surface area is 146 Å². The quantitative estimate of drug-likeness (QED) is 0.839. The van der Waals surface area contributed by atoms with Crippen LogP contribution in [-0.4, -0.2) is 60.8 Å². The van der Waals surface area contributed by atoms with Gasteiger partial charge in [0, 0.05) is 13.1 Å². The number of nitrogens with zero attached hydrogens (tertiary/aromatic N) is 1. The van der Waals surface area contributed by atoms with Gasteiger partial charge in [-0.25, -0.2) is 0 Å². The molecule has 1 atom stereocenters. The standard InChI is InChI=1S/C19H22N2O4/c22-13-17(19(24)21-7-9-25-10-8-21)20-18(23)12-14-5-6-15-3-1-2-4-16(15)11-14/h1-6,11,17,22H,7-10,12-13H2,(H,20,23)/t17-/m0/s1. The van der Waals surface area contributed by atoms with Crippen LogP contribution in [0.15, 0.2) is 42.5 Å². The lowest BCUT2D eigenvalue weighted by Crippen LogP contribution is -2.53. The molecule has 1 saturated heterocycles. The number of aliphatic hydroxyl groups is 1. The van der Waals surface area contributed by atoms with Gasteiger partial charge in [0.05, 0.1) is 26.2 Å². The van der Waals surface area contributed by atoms with Gasteiger partial charge >= 0.3 is 0 Å². The second-order valence-corrected chi connectivity index (χ2v) is 6.10. The van der Waals surface area contributed by atoms with Gasteiger partial charge in [-0.05, 0) is 16.3 Å². The third-order valence-corrected chi connectivity index (χ3v) is 4.32. The van der Waals surface area contributed by atoms with E-state index in [1.54, 1.807) is 4.90 Å². The lowest BCUT2D eigenvalue weighted by Gasteiger charge is -2.30. The van der Waals surface area contributed by atoms with Crippen LogP contribution in [0, 0.1) is 0 Å². The molecule has 1 heterocycles. The van der Waals surface area contributed by atoms with Gasteiger partial charge in [-0.1, -0.05) is 42.5 Å². The molecule has 0 unspecified atom stereocenters. The fraction of sp³-hybridized carbons (Fsp3) is 0.368. The summed E-state index contributed by atoms with van der Waals surface area (Å²) in [6.45, 7) is 1.51. The summed E-state index contributed by atoms with van der Waals surface area (Å²) in [4.78, 5) is 26.3. The SMILES string of the molecule is O=C(Cc1ccc2ccccc2c1)N[C@@H](CO)C(=O)N1CCOCC1. The summed E-state index contributed by atoms with van der Waals surface area (Å²) in [5.74, 6) is -0.548. The van der Waals surface area contributed by atoms with E-state index in [1.807, 2.05) is 42.5 Å². The maximum absolute atomic E-state index is 12.4. The number of rotatable bonds is 5. The van der Waals surface area contributed by atoms with Crippen molar-refractivity contribution in [3.05, 3.63) is 48.0 Å². The Balaban J connectivity index is 1.62. The average molecular weight is 342 g/mol. The normalized spacial score (nSPS) is 15.8. The van der Waals surface area contributed by atoms with E-state index in [1.165, 1.54) is 0 Å². The predicted octanol–water partition coefficient (Wildman–Crippen LogP) is 0.718. The van der Waals surface area contributed by atoms with E-state index in [4.69, 9.17) is 4.74 Å². The van der Waals surface area contributed by atoms with Crippen LogP contribution in [0.4, 0.5) is 0 Å². The van der Waals surface area contributed by atoms with E-state index in [9.17, 15) is 14.7 Å². The number of amides is 2. The van der Waals surface area contributed by atoms with Crippen molar-refractivity contribution in [2.45, 2.75) is 12.5 Å². The molecule has 0 aliphatic carbocycles. The topological polar surface area (TPSA) is 78.9 Å². The molecule has 2 amide bonds. The molecule has 0 aromatic heterocycles. The molecule has 2 aromatic carbocycles. The highest BCUT2D eigenvalue weighted by Gasteiger charge is 2.26. The van der Waals surface area contributed by atoms with Crippen LogP contribution in [0.1, 0.15) is 5.56 Å². The Hall–Kier alpha value is -2.44. The van der Waals surface area contributed by atoms with Crippen LogP contribution >= 0.6 is 0 Å². The van der Waals surface area contributed by atoms with Gasteiger partial charge in [-0.2, -0.15) is 0 Å². The van der Waals surface area contributed by atoms with E-state index in [-0.39, 0.29) is 18.2 Å². The molecule has 0 spiro atoms. The van der Waals surface area contributed by atoms with Gasteiger partial charge in [-0.3, -0.25) is 9.59 Å². The smallest absolute Gasteiger partial charge is 0.247 e. The minimum atomic E-state index is -0.911. The van der Waals surface area contributed by atoms with Crippen molar-refractivity contribution in [1.29, 1.82) is 0 Å². The number of hydrogen-bond acceptors (Lipinski definition) is 4. The lowest BCUT2D eigenvalue weighted by atomic mass is 10.0. The highest BCUT2D eigenvalue weighted by Crippen LogP contribution is 2.16. The van der Waals surface area contributed by atoms with Gasteiger partial charge < -0.3 is 20.1 Å². The third kappa shape index (κ3) is 4.35. The summed E-state index contributed by atoms with van der Waals surface area (Å²) >= 11 is 0. The first-order valence-electron chi connectivity index (χ1n) is 8.42. The number of carbonyl (C=O) groups excluding carboxylic acids is 2. The first kappa shape index (κ1) is 17.4. The lowest BCUT2D eigenvalue weighted by molar-refractivity contribution is -0.140. The Bertz CT molecular complexity index is 756. The van der Waals surface area contributed by atoms with Crippen molar-refractivity contribution in [3.63, 3.8) is 0 Å². The molecule has 2 aromatic rings. The molecule has 1 fully saturated rings. The maximum atomic E-state index is 12.4. The molecule has 132 valence electrons. The molecule has 3 rings (SSSR count). The monoisotopic (exact) mass is 342 g/mol. The first-order valence-corrected chi connectivity index (χ1v) is 8.42. The van der Waals surface area contributed by atoms with Gasteiger partial charge in [0.25, 0.3) is 0 Å². The van der Waals surface area contributed by atoms with E-state index < -0.39 is 12.6 Å². The number of carbonyl (C=O) groups is 2. The van der Waals surface area contributed by atoms with Crippen LogP contribution in [0.2, 0.25) is 0 Å². The zero-order valence-electron chi connectivity index (χ0n) is 14.0. The van der Waals surface area contributed by atoms with Crippen molar-refractivity contribution in [2.75, 3.05) is 32.9 Å². The molecule has 6 heteroatoms. The zero-order chi connectivity index (χ0) is 17.6. The van der Waals surface area contributed by atoms with Gasteiger partial charge in [0.2, 0.25) is 11.8 Å². The number of nitrogens with one attached hydrogen (secondary N) is 1. The molecule has 0 bridgehead atoms. The average Bonchev–Trinajstić information content (AvgIpc) is 2.66. The zero-order valence-corrected chi connectivity index (χ0v) is 14.0. The summed E-state index contributed by atoms with van der Waals surface area (Å²) in [5.41, 5.74) is 0.867. The largest absolute Gasteiger partial charge is 0.394 e. The fourth-order valence-electron chi connectivity index (χ4n) is 2.97. The Kier molecular flexibility index (Phi) is 5.63. The van der Waals surface area contributed by atoms with E-state index >= 15 is 0 Å². The number of benzene rings is 2. The van der Waals surface area contributed by atoms with Crippen molar-refractivity contribution in [2.24, 2.45) is 0 Å². The summed E-state index contributed by atoms with van der Waals surface area (Å²) in [6, 6.07) is 12.9. The first-order chi connectivity index (χ1) is 12.2. The summed E-state index contributed by atoms with van der Waals surface area (Å²) < 4.78 is 5.21. The van der Waals surface area contributed by atoms with E-state index in [0.717, 1.165) is 16.3 Å². The number of fused-ring (bicyclic) bond motifs is 1. The second kappa shape index (κ2) is 8.09. The Morgan fingerprint density at radius 2 is 1.84 bits per heavy atom. The molecule has 1 aliphatic heterocycles. The highest BCUT2D eigenvalue weighted by atomic mass is 16.5. The third-order valence-electron chi connectivity index (χ3n) is 4.32. The minimum Gasteiger partial charge on any atom is -0.394 e. The van der Waals surface area contributed by atoms with Gasteiger partial charge in [0.15, 0.2) is 0 Å². The van der Waals surface area contributed by atoms with E-state index in [0.29, 0.717) is 26.3 Å². The molecule has 0 radical (unpaired) electrons. The van der Waals surface area contributed by atoms with Crippen LogP contribution < -0.4 is 5.32 Å². The van der Waals surface area contributed by atoms with Crippen molar-refractivity contribution in [1.82, 2.24) is 10.2 Å².